The van der Waals surface area contributed by atoms with Crippen molar-refractivity contribution in [1.29, 1.82) is 0 Å². The maximum atomic E-state index is 15.4. The van der Waals surface area contributed by atoms with Gasteiger partial charge >= 0.3 is 5.92 Å². The summed E-state index contributed by atoms with van der Waals surface area (Å²) in [4.78, 5) is 0. The fourth-order valence-electron chi connectivity index (χ4n) is 3.22. The Morgan fingerprint density at radius 3 is 2.76 bits per heavy atom. The summed E-state index contributed by atoms with van der Waals surface area (Å²) in [7, 11) is 1.76. The number of rotatable bonds is 3. The largest absolute Gasteiger partial charge is 0.333 e. The molecule has 0 aliphatic heterocycles. The SMILES string of the molecule is Cn1cc(-c2ccc3nnc(C(F)(F)c4ccc5c(ccc[n+]5O)c4)n3n2)cn1. The Morgan fingerprint density at radius 1 is 1.10 bits per heavy atom. The van der Waals surface area contributed by atoms with Gasteiger partial charge in [-0.3, -0.25) is 9.89 Å². The molecule has 0 saturated heterocycles. The molecule has 0 aliphatic rings. The van der Waals surface area contributed by atoms with Gasteiger partial charge < -0.3 is 0 Å². The van der Waals surface area contributed by atoms with Crippen LogP contribution in [0.2, 0.25) is 0 Å². The molecule has 0 spiro atoms. The molecule has 0 unspecified atom stereocenters. The van der Waals surface area contributed by atoms with Crippen LogP contribution >= 0.6 is 0 Å². The van der Waals surface area contributed by atoms with E-state index in [1.807, 2.05) is 0 Å². The average Bonchev–Trinajstić information content (AvgIpc) is 3.34. The monoisotopic (exact) mass is 394 g/mol. The van der Waals surface area contributed by atoms with Crippen LogP contribution in [-0.4, -0.2) is 34.8 Å². The van der Waals surface area contributed by atoms with Crippen molar-refractivity contribution in [2.75, 3.05) is 0 Å². The van der Waals surface area contributed by atoms with Crippen molar-refractivity contribution in [1.82, 2.24) is 29.6 Å². The van der Waals surface area contributed by atoms with E-state index in [4.69, 9.17) is 0 Å². The molecule has 1 aromatic carbocycles. The molecular formula is C19H14F2N7O+. The first kappa shape index (κ1) is 17.2. The van der Waals surface area contributed by atoms with Gasteiger partial charge in [0, 0.05) is 41.2 Å². The molecule has 144 valence electrons. The molecule has 0 aliphatic carbocycles. The molecule has 1 N–H and O–H groups in total. The zero-order valence-corrected chi connectivity index (χ0v) is 15.1. The molecule has 5 rings (SSSR count). The number of nitrogens with zero attached hydrogens (tertiary/aromatic N) is 7. The number of pyridine rings is 1. The number of alkyl halides is 2. The van der Waals surface area contributed by atoms with E-state index >= 15 is 8.78 Å². The highest BCUT2D eigenvalue weighted by molar-refractivity contribution is 5.76. The van der Waals surface area contributed by atoms with Crippen LogP contribution in [0.1, 0.15) is 11.4 Å². The predicted octanol–water partition coefficient (Wildman–Crippen LogP) is 2.34. The highest BCUT2D eigenvalue weighted by atomic mass is 19.3. The first-order valence-electron chi connectivity index (χ1n) is 8.67. The van der Waals surface area contributed by atoms with E-state index in [-0.39, 0.29) is 11.2 Å². The van der Waals surface area contributed by atoms with E-state index < -0.39 is 11.7 Å². The molecular weight excluding hydrogens is 380 g/mol. The third kappa shape index (κ3) is 2.68. The third-order valence-electron chi connectivity index (χ3n) is 4.68. The molecule has 0 radical (unpaired) electrons. The van der Waals surface area contributed by atoms with Gasteiger partial charge in [0.05, 0.1) is 17.3 Å². The molecule has 5 aromatic rings. The maximum Gasteiger partial charge on any atom is 0.333 e. The smallest absolute Gasteiger partial charge is 0.285 e. The highest BCUT2D eigenvalue weighted by Gasteiger charge is 2.40. The summed E-state index contributed by atoms with van der Waals surface area (Å²) < 4.78 is 34.3. The van der Waals surface area contributed by atoms with Gasteiger partial charge in [-0.25, -0.2) is 0 Å². The van der Waals surface area contributed by atoms with Gasteiger partial charge in [0.25, 0.3) is 5.52 Å². The van der Waals surface area contributed by atoms with Crippen molar-refractivity contribution < 1.29 is 18.7 Å². The van der Waals surface area contributed by atoms with Crippen molar-refractivity contribution in [2.45, 2.75) is 5.92 Å². The summed E-state index contributed by atoms with van der Waals surface area (Å²) in [6.45, 7) is 0. The maximum absolute atomic E-state index is 15.4. The van der Waals surface area contributed by atoms with Gasteiger partial charge in [0.1, 0.15) is 0 Å². The minimum atomic E-state index is -3.45. The molecule has 29 heavy (non-hydrogen) atoms. The number of halogens is 2. The van der Waals surface area contributed by atoms with Crippen molar-refractivity contribution >= 4 is 16.6 Å². The number of fused-ring (bicyclic) bond motifs is 2. The summed E-state index contributed by atoms with van der Waals surface area (Å²) in [5, 5.41) is 26.2. The minimum absolute atomic E-state index is 0.210. The first-order chi connectivity index (χ1) is 13.9. The van der Waals surface area contributed by atoms with Gasteiger partial charge in [-0.15, -0.1) is 10.2 Å². The van der Waals surface area contributed by atoms with Crippen LogP contribution in [0, 0.1) is 0 Å². The number of aromatic nitrogens is 7. The lowest BCUT2D eigenvalue weighted by molar-refractivity contribution is -0.884. The van der Waals surface area contributed by atoms with Crippen LogP contribution in [0.3, 0.4) is 0 Å². The molecule has 0 atom stereocenters. The third-order valence-corrected chi connectivity index (χ3v) is 4.68. The van der Waals surface area contributed by atoms with Gasteiger partial charge in [-0.1, -0.05) is 0 Å². The van der Waals surface area contributed by atoms with Gasteiger partial charge in [0.2, 0.25) is 12.0 Å². The Bertz CT molecular complexity index is 1380. The number of aryl methyl sites for hydroxylation is 1. The lowest BCUT2D eigenvalue weighted by Gasteiger charge is -2.14. The fraction of sp³-hybridized carbons (Fsp3) is 0.105. The normalized spacial score (nSPS) is 12.1. The summed E-state index contributed by atoms with van der Waals surface area (Å²) in [5.41, 5.74) is 1.51. The number of hydrogen-bond acceptors (Lipinski definition) is 5. The van der Waals surface area contributed by atoms with Gasteiger partial charge in [0.15, 0.2) is 5.65 Å². The van der Waals surface area contributed by atoms with E-state index in [2.05, 4.69) is 20.4 Å². The fourth-order valence-corrected chi connectivity index (χ4v) is 3.22. The molecule has 0 fully saturated rings. The van der Waals surface area contributed by atoms with Crippen LogP contribution < -0.4 is 4.73 Å². The standard InChI is InChI=1S/C19H14F2N7O/c1-26-11-13(10-22-26)15-5-7-17-23-24-18(28(17)25-15)19(20,21)14-4-6-16-12(9-14)3-2-8-27(16)29/h2-11,29H,1H3/q+1. The Morgan fingerprint density at radius 2 is 1.97 bits per heavy atom. The van der Waals surface area contributed by atoms with Crippen molar-refractivity contribution in [3.05, 3.63) is 72.4 Å². The topological polar surface area (TPSA) is 85.0 Å². The van der Waals surface area contributed by atoms with Crippen LogP contribution in [0.4, 0.5) is 8.78 Å². The Balaban J connectivity index is 1.65. The van der Waals surface area contributed by atoms with Crippen LogP contribution in [0.15, 0.2) is 61.1 Å². The zero-order valence-electron chi connectivity index (χ0n) is 15.1. The molecule has 4 heterocycles. The molecule has 0 bridgehead atoms. The highest BCUT2D eigenvalue weighted by Crippen LogP contribution is 2.35. The molecule has 0 saturated carbocycles. The summed E-state index contributed by atoms with van der Waals surface area (Å²) in [5.74, 6) is -4.05. The molecule has 8 nitrogen and oxygen atoms in total. The molecule has 0 amide bonds. The van der Waals surface area contributed by atoms with Crippen LogP contribution in [-0.2, 0) is 13.0 Å². The molecule has 10 heteroatoms. The van der Waals surface area contributed by atoms with E-state index in [1.165, 1.54) is 24.4 Å². The predicted molar refractivity (Wildman–Crippen MR) is 97.3 cm³/mol. The van der Waals surface area contributed by atoms with E-state index in [1.54, 1.807) is 48.4 Å². The summed E-state index contributed by atoms with van der Waals surface area (Å²) in [6.07, 6.45) is 4.77. The quantitative estimate of drug-likeness (QED) is 0.375. The molecule has 4 aromatic heterocycles. The second-order valence-electron chi connectivity index (χ2n) is 6.62. The lowest BCUT2D eigenvalue weighted by atomic mass is 10.0. The Hall–Kier alpha value is -3.95. The minimum Gasteiger partial charge on any atom is -0.285 e. The van der Waals surface area contributed by atoms with Crippen molar-refractivity contribution in [2.24, 2.45) is 7.05 Å². The first-order valence-corrected chi connectivity index (χ1v) is 8.67. The Labute approximate surface area is 162 Å². The Kier molecular flexibility index (Phi) is 3.57. The van der Waals surface area contributed by atoms with Crippen LogP contribution in [0.25, 0.3) is 27.8 Å². The van der Waals surface area contributed by atoms with Gasteiger partial charge in [-0.2, -0.15) is 23.5 Å². The number of hydrogen-bond donors (Lipinski definition) is 1. The second-order valence-corrected chi connectivity index (χ2v) is 6.62. The second kappa shape index (κ2) is 6.03. The lowest BCUT2D eigenvalue weighted by Crippen LogP contribution is -2.30. The van der Waals surface area contributed by atoms with Crippen LogP contribution in [0.5, 0.6) is 0 Å². The van der Waals surface area contributed by atoms with Gasteiger partial charge in [-0.05, 0) is 30.3 Å². The average molecular weight is 394 g/mol. The van der Waals surface area contributed by atoms with E-state index in [0.717, 1.165) is 9.25 Å². The van der Waals surface area contributed by atoms with Crippen molar-refractivity contribution in [3.63, 3.8) is 0 Å². The zero-order chi connectivity index (χ0) is 20.2. The van der Waals surface area contributed by atoms with E-state index in [9.17, 15) is 5.21 Å². The summed E-state index contributed by atoms with van der Waals surface area (Å²) >= 11 is 0. The summed E-state index contributed by atoms with van der Waals surface area (Å²) in [6, 6.07) is 10.5. The number of benzene rings is 1. The van der Waals surface area contributed by atoms with E-state index in [0.29, 0.717) is 22.2 Å². The van der Waals surface area contributed by atoms with Crippen molar-refractivity contribution in [3.8, 4) is 11.3 Å².